The number of amides is 1. The van der Waals surface area contributed by atoms with E-state index in [2.05, 4.69) is 26.1 Å². The van der Waals surface area contributed by atoms with Crippen molar-refractivity contribution in [1.82, 2.24) is 5.32 Å². The standard InChI is InChI=1S/C13H27NOS/c1-4-16-11-7-5-6-8-13(15)14-10-9-12(2)3/h12H,4-11H2,1-3H3,(H,14,15). The second kappa shape index (κ2) is 11.3. The van der Waals surface area contributed by atoms with Gasteiger partial charge in [-0.05, 0) is 36.7 Å². The van der Waals surface area contributed by atoms with Gasteiger partial charge in [-0.25, -0.2) is 0 Å². The molecule has 0 saturated carbocycles. The predicted octanol–water partition coefficient (Wildman–Crippen LogP) is 3.46. The lowest BCUT2D eigenvalue weighted by atomic mass is 10.1. The highest BCUT2D eigenvalue weighted by Gasteiger charge is 2.01. The second-order valence-electron chi connectivity index (χ2n) is 4.54. The summed E-state index contributed by atoms with van der Waals surface area (Å²) in [6.45, 7) is 7.38. The number of thioether (sulfide) groups is 1. The first kappa shape index (κ1) is 15.8. The fourth-order valence-corrected chi connectivity index (χ4v) is 2.10. The van der Waals surface area contributed by atoms with E-state index in [1.165, 1.54) is 24.3 Å². The highest BCUT2D eigenvalue weighted by molar-refractivity contribution is 7.99. The zero-order valence-corrected chi connectivity index (χ0v) is 11.9. The van der Waals surface area contributed by atoms with Crippen LogP contribution in [-0.2, 0) is 4.79 Å². The van der Waals surface area contributed by atoms with Gasteiger partial charge in [0, 0.05) is 13.0 Å². The highest BCUT2D eigenvalue weighted by Crippen LogP contribution is 2.07. The van der Waals surface area contributed by atoms with E-state index in [1.807, 2.05) is 11.8 Å². The Morgan fingerprint density at radius 1 is 1.25 bits per heavy atom. The number of unbranched alkanes of at least 4 members (excludes halogenated alkanes) is 2. The van der Waals surface area contributed by atoms with E-state index >= 15 is 0 Å². The average Bonchev–Trinajstić information content (AvgIpc) is 2.22. The Morgan fingerprint density at radius 3 is 2.62 bits per heavy atom. The number of carbonyl (C=O) groups is 1. The molecule has 0 radical (unpaired) electrons. The van der Waals surface area contributed by atoms with E-state index < -0.39 is 0 Å². The molecule has 0 rings (SSSR count). The fraction of sp³-hybridized carbons (Fsp3) is 0.923. The number of rotatable bonds is 10. The normalized spacial score (nSPS) is 10.8. The zero-order valence-electron chi connectivity index (χ0n) is 11.1. The Balaban J connectivity index is 3.17. The van der Waals surface area contributed by atoms with Gasteiger partial charge in [-0.15, -0.1) is 0 Å². The Hall–Kier alpha value is -0.180. The van der Waals surface area contributed by atoms with Gasteiger partial charge in [0.25, 0.3) is 0 Å². The molecule has 96 valence electrons. The molecule has 16 heavy (non-hydrogen) atoms. The molecule has 3 heteroatoms. The van der Waals surface area contributed by atoms with Gasteiger partial charge in [0.15, 0.2) is 0 Å². The molecule has 0 atom stereocenters. The largest absolute Gasteiger partial charge is 0.356 e. The predicted molar refractivity (Wildman–Crippen MR) is 73.9 cm³/mol. The molecule has 0 aliphatic rings. The second-order valence-corrected chi connectivity index (χ2v) is 5.93. The van der Waals surface area contributed by atoms with Crippen molar-refractivity contribution in [2.45, 2.75) is 52.9 Å². The first-order chi connectivity index (χ1) is 7.66. The Bertz CT molecular complexity index is 171. The summed E-state index contributed by atoms with van der Waals surface area (Å²) in [4.78, 5) is 11.4. The van der Waals surface area contributed by atoms with Crippen molar-refractivity contribution < 1.29 is 4.79 Å². The summed E-state index contributed by atoms with van der Waals surface area (Å²) in [7, 11) is 0. The van der Waals surface area contributed by atoms with Crippen LogP contribution >= 0.6 is 11.8 Å². The summed E-state index contributed by atoms with van der Waals surface area (Å²) in [5, 5.41) is 2.97. The molecule has 1 amide bonds. The van der Waals surface area contributed by atoms with Crippen molar-refractivity contribution in [2.75, 3.05) is 18.1 Å². The molecule has 0 unspecified atom stereocenters. The van der Waals surface area contributed by atoms with Crippen molar-refractivity contribution in [3.63, 3.8) is 0 Å². The maximum absolute atomic E-state index is 11.4. The third-order valence-corrected chi connectivity index (χ3v) is 3.43. The van der Waals surface area contributed by atoms with Crippen LogP contribution in [0.1, 0.15) is 52.9 Å². The van der Waals surface area contributed by atoms with Crippen LogP contribution in [0.5, 0.6) is 0 Å². The maximum Gasteiger partial charge on any atom is 0.219 e. The van der Waals surface area contributed by atoms with Crippen LogP contribution in [0.25, 0.3) is 0 Å². The number of nitrogens with one attached hydrogen (secondary N) is 1. The van der Waals surface area contributed by atoms with Gasteiger partial charge in [-0.2, -0.15) is 11.8 Å². The summed E-state index contributed by atoms with van der Waals surface area (Å²) in [5.74, 6) is 3.34. The lowest BCUT2D eigenvalue weighted by molar-refractivity contribution is -0.121. The van der Waals surface area contributed by atoms with Crippen LogP contribution in [0, 0.1) is 5.92 Å². The van der Waals surface area contributed by atoms with Crippen molar-refractivity contribution in [3.8, 4) is 0 Å². The van der Waals surface area contributed by atoms with Crippen LogP contribution in [0.3, 0.4) is 0 Å². The molecule has 2 nitrogen and oxygen atoms in total. The Kier molecular flexibility index (Phi) is 11.2. The van der Waals surface area contributed by atoms with Gasteiger partial charge < -0.3 is 5.32 Å². The molecule has 1 N–H and O–H groups in total. The lowest BCUT2D eigenvalue weighted by Crippen LogP contribution is -2.24. The molecule has 0 heterocycles. The highest BCUT2D eigenvalue weighted by atomic mass is 32.2. The van der Waals surface area contributed by atoms with Crippen LogP contribution in [0.4, 0.5) is 0 Å². The lowest BCUT2D eigenvalue weighted by Gasteiger charge is -2.06. The van der Waals surface area contributed by atoms with Crippen LogP contribution in [-0.4, -0.2) is 24.0 Å². The molecule has 0 saturated heterocycles. The minimum atomic E-state index is 0.226. The molecule has 0 aromatic heterocycles. The van der Waals surface area contributed by atoms with E-state index in [0.717, 1.165) is 19.4 Å². The van der Waals surface area contributed by atoms with Gasteiger partial charge in [-0.3, -0.25) is 4.79 Å². The Morgan fingerprint density at radius 2 is 2.00 bits per heavy atom. The zero-order chi connectivity index (χ0) is 12.2. The van der Waals surface area contributed by atoms with Gasteiger partial charge in [-0.1, -0.05) is 27.2 Å². The van der Waals surface area contributed by atoms with Gasteiger partial charge >= 0.3 is 0 Å². The molecular formula is C13H27NOS. The van der Waals surface area contributed by atoms with Crippen molar-refractivity contribution in [1.29, 1.82) is 0 Å². The van der Waals surface area contributed by atoms with Crippen LogP contribution in [0.2, 0.25) is 0 Å². The van der Waals surface area contributed by atoms with Crippen molar-refractivity contribution in [3.05, 3.63) is 0 Å². The number of carbonyl (C=O) groups excluding carboxylic acids is 1. The molecule has 0 aliphatic heterocycles. The summed E-state index contributed by atoms with van der Waals surface area (Å²) < 4.78 is 0. The van der Waals surface area contributed by atoms with E-state index in [4.69, 9.17) is 0 Å². The Labute approximate surface area is 105 Å². The molecule has 0 aromatic carbocycles. The summed E-state index contributed by atoms with van der Waals surface area (Å²) in [6, 6.07) is 0. The molecule has 0 fully saturated rings. The van der Waals surface area contributed by atoms with E-state index in [0.29, 0.717) is 12.3 Å². The van der Waals surface area contributed by atoms with Crippen molar-refractivity contribution in [2.24, 2.45) is 5.92 Å². The molecule has 0 aliphatic carbocycles. The first-order valence-corrected chi connectivity index (χ1v) is 7.66. The minimum absolute atomic E-state index is 0.226. The summed E-state index contributed by atoms with van der Waals surface area (Å²) in [6.07, 6.45) is 5.26. The number of hydrogen-bond donors (Lipinski definition) is 1. The average molecular weight is 245 g/mol. The number of hydrogen-bond acceptors (Lipinski definition) is 2. The van der Waals surface area contributed by atoms with Gasteiger partial charge in [0.2, 0.25) is 5.91 Å². The van der Waals surface area contributed by atoms with Crippen molar-refractivity contribution >= 4 is 17.7 Å². The quantitative estimate of drug-likeness (QED) is 0.597. The summed E-state index contributed by atoms with van der Waals surface area (Å²) >= 11 is 1.98. The van der Waals surface area contributed by atoms with Crippen LogP contribution < -0.4 is 5.32 Å². The third kappa shape index (κ3) is 11.9. The van der Waals surface area contributed by atoms with Gasteiger partial charge in [0.05, 0.1) is 0 Å². The minimum Gasteiger partial charge on any atom is -0.356 e. The first-order valence-electron chi connectivity index (χ1n) is 6.51. The van der Waals surface area contributed by atoms with E-state index in [1.54, 1.807) is 0 Å². The van der Waals surface area contributed by atoms with Crippen LogP contribution in [0.15, 0.2) is 0 Å². The van der Waals surface area contributed by atoms with Gasteiger partial charge in [0.1, 0.15) is 0 Å². The molecule has 0 aromatic rings. The van der Waals surface area contributed by atoms with E-state index in [-0.39, 0.29) is 5.91 Å². The smallest absolute Gasteiger partial charge is 0.219 e. The fourth-order valence-electron chi connectivity index (χ4n) is 1.40. The third-order valence-electron chi connectivity index (χ3n) is 2.44. The topological polar surface area (TPSA) is 29.1 Å². The monoisotopic (exact) mass is 245 g/mol. The van der Waals surface area contributed by atoms with E-state index in [9.17, 15) is 4.79 Å². The molecule has 0 spiro atoms. The summed E-state index contributed by atoms with van der Waals surface area (Å²) in [5.41, 5.74) is 0. The SMILES string of the molecule is CCSCCCCCC(=O)NCCC(C)C. The maximum atomic E-state index is 11.4. The molecular weight excluding hydrogens is 218 g/mol. The molecule has 0 bridgehead atoms.